The number of halogens is 1. The van der Waals surface area contributed by atoms with Crippen molar-refractivity contribution in [2.24, 2.45) is 16.6 Å². The standard InChI is InChI=1S/C15H31N5.HI/c1-3-20-8-4-5-14(20)12-18-15(16)17-11-13-6-9-19(2)10-7-13;/h13-14H,3-12H2,1-2H3,(H3,16,17,18);1H. The van der Waals surface area contributed by atoms with Gasteiger partial charge < -0.3 is 16.0 Å². The van der Waals surface area contributed by atoms with Crippen molar-refractivity contribution in [3.05, 3.63) is 0 Å². The Morgan fingerprint density at radius 1 is 1.24 bits per heavy atom. The number of aliphatic imine (C=N–C) groups is 1. The summed E-state index contributed by atoms with van der Waals surface area (Å²) in [4.78, 5) is 9.45. The molecule has 0 bridgehead atoms. The highest BCUT2D eigenvalue weighted by atomic mass is 127. The van der Waals surface area contributed by atoms with Crippen LogP contribution in [-0.4, -0.2) is 68.1 Å². The average Bonchev–Trinajstić information content (AvgIpc) is 2.92. The van der Waals surface area contributed by atoms with E-state index in [2.05, 4.69) is 34.1 Å². The van der Waals surface area contributed by atoms with Crippen LogP contribution in [0.4, 0.5) is 0 Å². The Morgan fingerprint density at radius 2 is 1.95 bits per heavy atom. The minimum atomic E-state index is 0. The zero-order valence-corrected chi connectivity index (χ0v) is 15.9. The Labute approximate surface area is 146 Å². The van der Waals surface area contributed by atoms with E-state index in [1.807, 2.05) is 0 Å². The topological polar surface area (TPSA) is 56.9 Å². The number of hydrogen-bond acceptors (Lipinski definition) is 3. The van der Waals surface area contributed by atoms with Crippen LogP contribution in [0.2, 0.25) is 0 Å². The number of likely N-dealkylation sites (N-methyl/N-ethyl adjacent to an activating group) is 1. The number of hydrogen-bond donors (Lipinski definition) is 2. The van der Waals surface area contributed by atoms with Crippen LogP contribution in [0.5, 0.6) is 0 Å². The lowest BCUT2D eigenvalue weighted by Gasteiger charge is -2.28. The average molecular weight is 409 g/mol. The number of likely N-dealkylation sites (tertiary alicyclic amines) is 2. The van der Waals surface area contributed by atoms with Crippen LogP contribution < -0.4 is 11.1 Å². The fourth-order valence-corrected chi connectivity index (χ4v) is 3.29. The SMILES string of the molecule is CCN1CCCC1CNC(N)=NCC1CCN(C)CC1.I. The third kappa shape index (κ3) is 6.28. The van der Waals surface area contributed by atoms with Crippen molar-refractivity contribution < 1.29 is 0 Å². The zero-order chi connectivity index (χ0) is 14.4. The van der Waals surface area contributed by atoms with Gasteiger partial charge in [-0.05, 0) is 64.8 Å². The number of guanidine groups is 1. The molecule has 1 atom stereocenters. The normalized spacial score (nSPS) is 25.8. The lowest BCUT2D eigenvalue weighted by Crippen LogP contribution is -2.43. The highest BCUT2D eigenvalue weighted by Gasteiger charge is 2.22. The zero-order valence-electron chi connectivity index (χ0n) is 13.6. The van der Waals surface area contributed by atoms with Gasteiger partial charge in [0.25, 0.3) is 0 Å². The number of nitrogens with two attached hydrogens (primary N) is 1. The second kappa shape index (κ2) is 9.84. The summed E-state index contributed by atoms with van der Waals surface area (Å²) in [6.07, 6.45) is 5.09. The summed E-state index contributed by atoms with van der Waals surface area (Å²) in [7, 11) is 2.19. The Hall–Kier alpha value is -0.0800. The van der Waals surface area contributed by atoms with E-state index in [9.17, 15) is 0 Å². The van der Waals surface area contributed by atoms with Crippen molar-refractivity contribution in [3.8, 4) is 0 Å². The van der Waals surface area contributed by atoms with Gasteiger partial charge in [-0.2, -0.15) is 0 Å². The summed E-state index contributed by atoms with van der Waals surface area (Å²) >= 11 is 0. The summed E-state index contributed by atoms with van der Waals surface area (Å²) in [5, 5.41) is 3.31. The maximum Gasteiger partial charge on any atom is 0.188 e. The van der Waals surface area contributed by atoms with E-state index in [-0.39, 0.29) is 24.0 Å². The summed E-state index contributed by atoms with van der Waals surface area (Å²) < 4.78 is 0. The van der Waals surface area contributed by atoms with Gasteiger partial charge in [-0.25, -0.2) is 0 Å². The molecule has 5 nitrogen and oxygen atoms in total. The van der Waals surface area contributed by atoms with Crippen molar-refractivity contribution in [2.45, 2.75) is 38.6 Å². The first-order valence-corrected chi connectivity index (χ1v) is 8.15. The molecule has 2 saturated heterocycles. The molecule has 124 valence electrons. The van der Waals surface area contributed by atoms with Gasteiger partial charge in [0.2, 0.25) is 0 Å². The molecule has 3 N–H and O–H groups in total. The van der Waals surface area contributed by atoms with E-state index in [0.29, 0.717) is 17.9 Å². The van der Waals surface area contributed by atoms with Crippen molar-refractivity contribution in [1.82, 2.24) is 15.1 Å². The van der Waals surface area contributed by atoms with Crippen LogP contribution in [0.25, 0.3) is 0 Å². The van der Waals surface area contributed by atoms with Crippen molar-refractivity contribution in [3.63, 3.8) is 0 Å². The van der Waals surface area contributed by atoms with Gasteiger partial charge in [0, 0.05) is 19.1 Å². The minimum absolute atomic E-state index is 0. The van der Waals surface area contributed by atoms with E-state index in [1.54, 1.807) is 0 Å². The fourth-order valence-electron chi connectivity index (χ4n) is 3.29. The molecule has 21 heavy (non-hydrogen) atoms. The molecule has 0 radical (unpaired) electrons. The van der Waals surface area contributed by atoms with Crippen LogP contribution in [-0.2, 0) is 0 Å². The second-order valence-corrected chi connectivity index (χ2v) is 6.28. The highest BCUT2D eigenvalue weighted by Crippen LogP contribution is 2.16. The van der Waals surface area contributed by atoms with E-state index < -0.39 is 0 Å². The monoisotopic (exact) mass is 409 g/mol. The molecule has 6 heteroatoms. The fraction of sp³-hybridized carbons (Fsp3) is 0.933. The predicted molar refractivity (Wildman–Crippen MR) is 100 cm³/mol. The molecular weight excluding hydrogens is 377 g/mol. The molecule has 0 aromatic carbocycles. The Balaban J connectivity index is 0.00000220. The second-order valence-electron chi connectivity index (χ2n) is 6.28. The van der Waals surface area contributed by atoms with Crippen molar-refractivity contribution in [2.75, 3.05) is 46.3 Å². The molecule has 0 aliphatic carbocycles. The summed E-state index contributed by atoms with van der Waals surface area (Å²) in [5.74, 6) is 1.34. The molecule has 0 amide bonds. The molecule has 0 saturated carbocycles. The first kappa shape index (κ1) is 19.0. The molecule has 0 aromatic rings. The Bertz CT molecular complexity index is 315. The molecule has 2 heterocycles. The Morgan fingerprint density at radius 3 is 2.62 bits per heavy atom. The van der Waals surface area contributed by atoms with Crippen LogP contribution in [0.1, 0.15) is 32.6 Å². The van der Waals surface area contributed by atoms with Crippen LogP contribution in [0, 0.1) is 5.92 Å². The van der Waals surface area contributed by atoms with Crippen molar-refractivity contribution >= 4 is 29.9 Å². The molecule has 2 aliphatic rings. The predicted octanol–water partition coefficient (Wildman–Crippen LogP) is 1.33. The lowest BCUT2D eigenvalue weighted by atomic mass is 9.97. The molecule has 2 aliphatic heterocycles. The van der Waals surface area contributed by atoms with Crippen LogP contribution >= 0.6 is 24.0 Å². The summed E-state index contributed by atoms with van der Waals surface area (Å²) in [5.41, 5.74) is 5.99. The van der Waals surface area contributed by atoms with Crippen LogP contribution in [0.3, 0.4) is 0 Å². The summed E-state index contributed by atoms with van der Waals surface area (Å²) in [6, 6.07) is 0.636. The van der Waals surface area contributed by atoms with Gasteiger partial charge >= 0.3 is 0 Å². The minimum Gasteiger partial charge on any atom is -0.370 e. The van der Waals surface area contributed by atoms with Gasteiger partial charge in [-0.15, -0.1) is 24.0 Å². The number of nitrogens with one attached hydrogen (secondary N) is 1. The molecular formula is C15H32IN5. The largest absolute Gasteiger partial charge is 0.370 e. The van der Waals surface area contributed by atoms with Gasteiger partial charge in [-0.3, -0.25) is 9.89 Å². The lowest BCUT2D eigenvalue weighted by molar-refractivity contribution is 0.223. The van der Waals surface area contributed by atoms with E-state index in [4.69, 9.17) is 5.73 Å². The molecule has 1 unspecified atom stereocenters. The van der Waals surface area contributed by atoms with Gasteiger partial charge in [-0.1, -0.05) is 6.92 Å². The first-order valence-electron chi connectivity index (χ1n) is 8.15. The quantitative estimate of drug-likeness (QED) is 0.409. The first-order chi connectivity index (χ1) is 9.69. The van der Waals surface area contributed by atoms with Crippen molar-refractivity contribution in [1.29, 1.82) is 0 Å². The Kier molecular flexibility index (Phi) is 8.89. The molecule has 2 fully saturated rings. The summed E-state index contributed by atoms with van der Waals surface area (Å²) in [6.45, 7) is 8.82. The highest BCUT2D eigenvalue weighted by molar-refractivity contribution is 14.0. The number of nitrogens with zero attached hydrogens (tertiary/aromatic N) is 3. The van der Waals surface area contributed by atoms with Gasteiger partial charge in [0.1, 0.15) is 0 Å². The van der Waals surface area contributed by atoms with Gasteiger partial charge in [0.05, 0.1) is 0 Å². The maximum absolute atomic E-state index is 5.99. The molecule has 0 aromatic heterocycles. The van der Waals surface area contributed by atoms with E-state index in [1.165, 1.54) is 45.3 Å². The van der Waals surface area contributed by atoms with Gasteiger partial charge in [0.15, 0.2) is 5.96 Å². The molecule has 0 spiro atoms. The van der Waals surface area contributed by atoms with E-state index >= 15 is 0 Å². The number of piperidine rings is 1. The maximum atomic E-state index is 5.99. The number of rotatable bonds is 5. The molecule has 2 rings (SSSR count). The third-order valence-electron chi connectivity index (χ3n) is 4.78. The smallest absolute Gasteiger partial charge is 0.188 e. The van der Waals surface area contributed by atoms with E-state index in [0.717, 1.165) is 19.6 Å². The van der Waals surface area contributed by atoms with Crippen LogP contribution in [0.15, 0.2) is 4.99 Å². The third-order valence-corrected chi connectivity index (χ3v) is 4.78.